The molecule has 2 N–H and O–H groups in total. The number of nitrogens with zero attached hydrogens (tertiary/aromatic N) is 2. The molecule has 10 heteroatoms. The molecule has 1 saturated heterocycles. The second-order valence-electron chi connectivity index (χ2n) is 7.27. The van der Waals surface area contributed by atoms with E-state index in [-0.39, 0.29) is 61.6 Å². The summed E-state index contributed by atoms with van der Waals surface area (Å²) in [5, 5.41) is 13.2. The molecular weight excluding hydrogens is 442 g/mol. The first-order chi connectivity index (χ1) is 14.7. The second kappa shape index (κ2) is 9.67. The van der Waals surface area contributed by atoms with Crippen molar-refractivity contribution in [3.05, 3.63) is 58.6 Å². The maximum Gasteiger partial charge on any atom is 0.251 e. The number of carbonyl (C=O) groups is 2. The van der Waals surface area contributed by atoms with Crippen LogP contribution in [0.4, 0.5) is 0 Å². The van der Waals surface area contributed by atoms with E-state index in [1.165, 1.54) is 16.4 Å². The molecule has 0 unspecified atom stereocenters. The van der Waals surface area contributed by atoms with Crippen molar-refractivity contribution in [1.29, 1.82) is 0 Å². The zero-order valence-corrected chi connectivity index (χ0v) is 18.6. The molecule has 2 aromatic carbocycles. The fourth-order valence-electron chi connectivity index (χ4n) is 3.29. The van der Waals surface area contributed by atoms with Gasteiger partial charge in [0.15, 0.2) is 0 Å². The average molecular weight is 466 g/mol. The van der Waals surface area contributed by atoms with E-state index in [1.54, 1.807) is 42.2 Å². The van der Waals surface area contributed by atoms with E-state index in [0.29, 0.717) is 10.6 Å². The highest BCUT2D eigenvalue weighted by Crippen LogP contribution is 2.27. The van der Waals surface area contributed by atoms with Gasteiger partial charge in [0.1, 0.15) is 10.6 Å². The van der Waals surface area contributed by atoms with Crippen LogP contribution in [0.1, 0.15) is 22.3 Å². The Bertz CT molecular complexity index is 1060. The minimum absolute atomic E-state index is 0.116. The Balaban J connectivity index is 1.50. The summed E-state index contributed by atoms with van der Waals surface area (Å²) in [6.07, 6.45) is 0.116. The minimum atomic E-state index is -3.85. The predicted molar refractivity (Wildman–Crippen MR) is 117 cm³/mol. The lowest BCUT2D eigenvalue weighted by atomic mass is 10.2. The number of aryl methyl sites for hydroxylation is 1. The summed E-state index contributed by atoms with van der Waals surface area (Å²) < 4.78 is 27.0. The largest absolute Gasteiger partial charge is 0.507 e. The second-order valence-corrected chi connectivity index (χ2v) is 9.61. The summed E-state index contributed by atoms with van der Waals surface area (Å²) in [4.78, 5) is 26.0. The highest BCUT2D eigenvalue weighted by atomic mass is 35.5. The van der Waals surface area contributed by atoms with E-state index in [0.717, 1.165) is 5.56 Å². The monoisotopic (exact) mass is 465 g/mol. The third-order valence-corrected chi connectivity index (χ3v) is 7.24. The molecule has 31 heavy (non-hydrogen) atoms. The van der Waals surface area contributed by atoms with Crippen LogP contribution in [-0.2, 0) is 14.8 Å². The number of carbonyl (C=O) groups excluding carboxylic acids is 2. The molecule has 8 nitrogen and oxygen atoms in total. The molecule has 2 aromatic rings. The lowest BCUT2D eigenvalue weighted by molar-refractivity contribution is -0.132. The number of phenols is 1. The predicted octanol–water partition coefficient (Wildman–Crippen LogP) is 2.01. The first-order valence-electron chi connectivity index (χ1n) is 9.80. The summed E-state index contributed by atoms with van der Waals surface area (Å²) in [6.45, 7) is 2.69. The lowest BCUT2D eigenvalue weighted by Gasteiger charge is -2.34. The normalized spacial score (nSPS) is 15.0. The number of benzene rings is 2. The van der Waals surface area contributed by atoms with Gasteiger partial charge in [0.2, 0.25) is 15.9 Å². The molecule has 0 aromatic heterocycles. The standard InChI is InChI=1S/C21H24ClN3O5S/c1-15-2-7-18(26)19(14-15)31(29,30)25-12-10-24(11-13-25)20(27)8-9-23-21(28)16-3-5-17(22)6-4-16/h2-7,14,26H,8-13H2,1H3,(H,23,28). The number of nitrogens with one attached hydrogen (secondary N) is 1. The number of amides is 2. The van der Waals surface area contributed by atoms with Crippen LogP contribution in [0.15, 0.2) is 47.4 Å². The number of halogens is 1. The van der Waals surface area contributed by atoms with Crippen molar-refractivity contribution in [3.63, 3.8) is 0 Å². The quantitative estimate of drug-likeness (QED) is 0.678. The number of hydrogen-bond donors (Lipinski definition) is 2. The third-order valence-electron chi connectivity index (χ3n) is 5.06. The van der Waals surface area contributed by atoms with Crippen LogP contribution in [0.2, 0.25) is 5.02 Å². The van der Waals surface area contributed by atoms with Gasteiger partial charge >= 0.3 is 0 Å². The van der Waals surface area contributed by atoms with Crippen molar-refractivity contribution in [2.24, 2.45) is 0 Å². The van der Waals surface area contributed by atoms with E-state index in [1.807, 2.05) is 0 Å². The fraction of sp³-hybridized carbons (Fsp3) is 0.333. The Kier molecular flexibility index (Phi) is 7.19. The highest BCUT2D eigenvalue weighted by molar-refractivity contribution is 7.89. The molecule has 1 aliphatic heterocycles. The zero-order chi connectivity index (χ0) is 22.6. The van der Waals surface area contributed by atoms with E-state index in [2.05, 4.69) is 5.32 Å². The van der Waals surface area contributed by atoms with Crippen LogP contribution in [0.3, 0.4) is 0 Å². The first kappa shape index (κ1) is 23.1. The molecule has 166 valence electrons. The molecule has 1 fully saturated rings. The molecular formula is C21H24ClN3O5S. The van der Waals surface area contributed by atoms with Crippen molar-refractivity contribution in [1.82, 2.24) is 14.5 Å². The van der Waals surface area contributed by atoms with Crippen molar-refractivity contribution < 1.29 is 23.1 Å². The molecule has 0 atom stereocenters. The molecule has 0 radical (unpaired) electrons. The van der Waals surface area contributed by atoms with Gasteiger partial charge in [0, 0.05) is 49.7 Å². The van der Waals surface area contributed by atoms with Gasteiger partial charge in [-0.25, -0.2) is 8.42 Å². The topological polar surface area (TPSA) is 107 Å². The van der Waals surface area contributed by atoms with Crippen LogP contribution in [0.25, 0.3) is 0 Å². The number of sulfonamides is 1. The average Bonchev–Trinajstić information content (AvgIpc) is 2.75. The van der Waals surface area contributed by atoms with Crippen molar-refractivity contribution >= 4 is 33.4 Å². The SMILES string of the molecule is Cc1ccc(O)c(S(=O)(=O)N2CCN(C(=O)CCNC(=O)c3ccc(Cl)cc3)CC2)c1. The Morgan fingerprint density at radius 1 is 1.06 bits per heavy atom. The third kappa shape index (κ3) is 5.55. The number of rotatable bonds is 6. The van der Waals surface area contributed by atoms with E-state index >= 15 is 0 Å². The number of piperazine rings is 1. The first-order valence-corrected chi connectivity index (χ1v) is 11.6. The molecule has 0 spiro atoms. The van der Waals surface area contributed by atoms with Gasteiger partial charge < -0.3 is 15.3 Å². The van der Waals surface area contributed by atoms with Crippen LogP contribution < -0.4 is 5.32 Å². The number of hydrogen-bond acceptors (Lipinski definition) is 5. The van der Waals surface area contributed by atoms with E-state index in [9.17, 15) is 23.1 Å². The van der Waals surface area contributed by atoms with Crippen molar-refractivity contribution in [3.8, 4) is 5.75 Å². The molecule has 0 aliphatic carbocycles. The summed E-state index contributed by atoms with van der Waals surface area (Å²) in [5.74, 6) is -0.745. The summed E-state index contributed by atoms with van der Waals surface area (Å²) in [5.41, 5.74) is 1.18. The van der Waals surface area contributed by atoms with Gasteiger partial charge in [-0.15, -0.1) is 0 Å². The Morgan fingerprint density at radius 2 is 1.71 bits per heavy atom. The van der Waals surface area contributed by atoms with Gasteiger partial charge in [-0.05, 0) is 48.9 Å². The fourth-order valence-corrected chi connectivity index (χ4v) is 5.00. The molecule has 0 saturated carbocycles. The number of aromatic hydroxyl groups is 1. The minimum Gasteiger partial charge on any atom is -0.507 e. The van der Waals surface area contributed by atoms with Gasteiger partial charge in [0.05, 0.1) is 0 Å². The Hall–Kier alpha value is -2.62. The van der Waals surface area contributed by atoms with Gasteiger partial charge in [-0.1, -0.05) is 17.7 Å². The maximum absolute atomic E-state index is 12.8. The molecule has 1 heterocycles. The van der Waals surface area contributed by atoms with Crippen molar-refractivity contribution in [2.75, 3.05) is 32.7 Å². The molecule has 0 bridgehead atoms. The van der Waals surface area contributed by atoms with Crippen LogP contribution in [0, 0.1) is 6.92 Å². The van der Waals surface area contributed by atoms with Gasteiger partial charge in [-0.2, -0.15) is 4.31 Å². The Labute approximate surface area is 186 Å². The zero-order valence-electron chi connectivity index (χ0n) is 17.0. The summed E-state index contributed by atoms with van der Waals surface area (Å²) in [6, 6.07) is 10.9. The summed E-state index contributed by atoms with van der Waals surface area (Å²) >= 11 is 5.80. The van der Waals surface area contributed by atoms with E-state index in [4.69, 9.17) is 11.6 Å². The lowest BCUT2D eigenvalue weighted by Crippen LogP contribution is -2.50. The van der Waals surface area contributed by atoms with Crippen molar-refractivity contribution in [2.45, 2.75) is 18.2 Å². The molecule has 2 amide bonds. The molecule has 3 rings (SSSR count). The van der Waals surface area contributed by atoms with Crippen LogP contribution >= 0.6 is 11.6 Å². The van der Waals surface area contributed by atoms with Crippen LogP contribution in [0.5, 0.6) is 5.75 Å². The highest BCUT2D eigenvalue weighted by Gasteiger charge is 2.31. The number of phenolic OH excluding ortho intramolecular Hbond substituents is 1. The molecule has 1 aliphatic rings. The Morgan fingerprint density at radius 3 is 2.35 bits per heavy atom. The summed E-state index contributed by atoms with van der Waals surface area (Å²) in [7, 11) is -3.85. The van der Waals surface area contributed by atoms with Crippen LogP contribution in [-0.4, -0.2) is 67.3 Å². The smallest absolute Gasteiger partial charge is 0.251 e. The van der Waals surface area contributed by atoms with Gasteiger partial charge in [0.25, 0.3) is 5.91 Å². The van der Waals surface area contributed by atoms with E-state index < -0.39 is 10.0 Å². The van der Waals surface area contributed by atoms with Gasteiger partial charge in [-0.3, -0.25) is 9.59 Å². The maximum atomic E-state index is 12.8.